The van der Waals surface area contributed by atoms with Gasteiger partial charge in [-0.05, 0) is 40.9 Å². The summed E-state index contributed by atoms with van der Waals surface area (Å²) in [5, 5.41) is 0.543. The molecule has 0 fully saturated rings. The first kappa shape index (κ1) is 14.2. The fourth-order valence-corrected chi connectivity index (χ4v) is 1.86. The molecule has 0 radical (unpaired) electrons. The van der Waals surface area contributed by atoms with Crippen molar-refractivity contribution in [2.45, 2.75) is 20.3 Å². The van der Waals surface area contributed by atoms with Crippen LogP contribution in [-0.4, -0.2) is 48.6 Å². The van der Waals surface area contributed by atoms with E-state index < -0.39 is 0 Å². The zero-order chi connectivity index (χ0) is 12.8. The Labute approximate surface area is 109 Å². The summed E-state index contributed by atoms with van der Waals surface area (Å²) in [6, 6.07) is 0. The lowest BCUT2D eigenvalue weighted by Crippen LogP contribution is -2.28. The third-order valence-corrected chi connectivity index (χ3v) is 3.09. The van der Waals surface area contributed by atoms with Crippen LogP contribution in [0.25, 0.3) is 0 Å². The van der Waals surface area contributed by atoms with Crippen LogP contribution >= 0.6 is 11.6 Å². The van der Waals surface area contributed by atoms with Gasteiger partial charge in [-0.2, -0.15) is 0 Å². The van der Waals surface area contributed by atoms with Crippen molar-refractivity contribution in [2.75, 3.05) is 38.6 Å². The van der Waals surface area contributed by atoms with Gasteiger partial charge in [0.1, 0.15) is 17.3 Å². The summed E-state index contributed by atoms with van der Waals surface area (Å²) < 4.78 is 0. The quantitative estimate of drug-likeness (QED) is 0.731. The van der Waals surface area contributed by atoms with E-state index in [0.29, 0.717) is 5.15 Å². The van der Waals surface area contributed by atoms with Gasteiger partial charge in [0.25, 0.3) is 0 Å². The van der Waals surface area contributed by atoms with Crippen LogP contribution in [0.3, 0.4) is 0 Å². The predicted octanol–water partition coefficient (Wildman–Crippen LogP) is 2.22. The Kier molecular flexibility index (Phi) is 5.65. The third kappa shape index (κ3) is 4.13. The number of anilines is 1. The van der Waals surface area contributed by atoms with Crippen molar-refractivity contribution in [3.8, 4) is 0 Å². The lowest BCUT2D eigenvalue weighted by Gasteiger charge is -2.24. The number of hydrogen-bond acceptors (Lipinski definition) is 4. The van der Waals surface area contributed by atoms with Gasteiger partial charge in [-0.25, -0.2) is 9.97 Å². The van der Waals surface area contributed by atoms with Crippen LogP contribution in [0.15, 0.2) is 6.33 Å². The molecule has 1 heterocycles. The molecule has 0 aliphatic carbocycles. The van der Waals surface area contributed by atoms with E-state index in [1.165, 1.54) is 6.33 Å². The molecular weight excluding hydrogens is 236 g/mol. The first-order valence-corrected chi connectivity index (χ1v) is 6.30. The van der Waals surface area contributed by atoms with E-state index in [-0.39, 0.29) is 0 Å². The molecule has 0 aromatic carbocycles. The van der Waals surface area contributed by atoms with E-state index in [1.54, 1.807) is 0 Å². The molecule has 5 heteroatoms. The van der Waals surface area contributed by atoms with Gasteiger partial charge in [0.2, 0.25) is 0 Å². The maximum atomic E-state index is 6.01. The minimum atomic E-state index is 0.543. The zero-order valence-corrected chi connectivity index (χ0v) is 11.8. The second-order valence-corrected chi connectivity index (χ2v) is 4.71. The summed E-state index contributed by atoms with van der Waals surface area (Å²) in [6.45, 7) is 7.09. The molecule has 0 aliphatic rings. The monoisotopic (exact) mass is 256 g/mol. The number of aromatic nitrogens is 2. The minimum absolute atomic E-state index is 0.543. The molecule has 1 aromatic heterocycles. The highest BCUT2D eigenvalue weighted by Gasteiger charge is 2.11. The molecule has 96 valence electrons. The summed E-state index contributed by atoms with van der Waals surface area (Å²) in [6.07, 6.45) is 2.64. The van der Waals surface area contributed by atoms with Crippen molar-refractivity contribution in [3.05, 3.63) is 17.0 Å². The van der Waals surface area contributed by atoms with Crippen LogP contribution in [-0.2, 0) is 0 Å². The van der Waals surface area contributed by atoms with Crippen LogP contribution in [0.5, 0.6) is 0 Å². The van der Waals surface area contributed by atoms with Gasteiger partial charge in [0, 0.05) is 18.7 Å². The first-order chi connectivity index (χ1) is 8.06. The molecule has 0 bridgehead atoms. The lowest BCUT2D eigenvalue weighted by atomic mass is 10.3. The number of halogens is 1. The Balaban J connectivity index is 2.69. The van der Waals surface area contributed by atoms with Gasteiger partial charge in [0.05, 0.1) is 0 Å². The highest BCUT2D eigenvalue weighted by Crippen LogP contribution is 2.21. The molecule has 1 aromatic rings. The van der Waals surface area contributed by atoms with Gasteiger partial charge in [-0.1, -0.05) is 11.6 Å². The number of hydrogen-bond donors (Lipinski definition) is 0. The second-order valence-electron chi connectivity index (χ2n) is 4.35. The highest BCUT2D eigenvalue weighted by molar-refractivity contribution is 6.30. The molecule has 0 saturated carbocycles. The molecule has 0 saturated heterocycles. The Morgan fingerprint density at radius 1 is 1.24 bits per heavy atom. The summed E-state index contributed by atoms with van der Waals surface area (Å²) in [5.74, 6) is 0.950. The molecule has 17 heavy (non-hydrogen) atoms. The molecule has 0 N–H and O–H groups in total. The Bertz CT molecular complexity index is 354. The zero-order valence-electron chi connectivity index (χ0n) is 11.1. The van der Waals surface area contributed by atoms with E-state index in [4.69, 9.17) is 11.6 Å². The van der Waals surface area contributed by atoms with Crippen molar-refractivity contribution in [1.29, 1.82) is 0 Å². The summed E-state index contributed by atoms with van der Waals surface area (Å²) in [5.41, 5.74) is 0.959. The highest BCUT2D eigenvalue weighted by atomic mass is 35.5. The Hall–Kier alpha value is -0.870. The molecule has 0 unspecified atom stereocenters. The Morgan fingerprint density at radius 2 is 1.94 bits per heavy atom. The van der Waals surface area contributed by atoms with E-state index in [9.17, 15) is 0 Å². The fourth-order valence-electron chi connectivity index (χ4n) is 1.73. The summed E-state index contributed by atoms with van der Waals surface area (Å²) in [7, 11) is 4.17. The fraction of sp³-hybridized carbons (Fsp3) is 0.667. The normalized spacial score (nSPS) is 10.9. The average molecular weight is 257 g/mol. The van der Waals surface area contributed by atoms with Crippen molar-refractivity contribution < 1.29 is 0 Å². The summed E-state index contributed by atoms with van der Waals surface area (Å²) >= 11 is 6.01. The van der Waals surface area contributed by atoms with Gasteiger partial charge >= 0.3 is 0 Å². The first-order valence-electron chi connectivity index (χ1n) is 5.93. The Morgan fingerprint density at radius 3 is 2.53 bits per heavy atom. The van der Waals surface area contributed by atoms with Crippen LogP contribution in [0.4, 0.5) is 5.82 Å². The van der Waals surface area contributed by atoms with Crippen LogP contribution in [0.2, 0.25) is 5.15 Å². The van der Waals surface area contributed by atoms with E-state index in [1.807, 2.05) is 6.92 Å². The molecule has 4 nitrogen and oxygen atoms in total. The number of nitrogens with zero attached hydrogens (tertiary/aromatic N) is 4. The maximum Gasteiger partial charge on any atom is 0.137 e. The topological polar surface area (TPSA) is 32.3 Å². The minimum Gasteiger partial charge on any atom is -0.356 e. The van der Waals surface area contributed by atoms with E-state index in [0.717, 1.165) is 37.4 Å². The summed E-state index contributed by atoms with van der Waals surface area (Å²) in [4.78, 5) is 12.7. The third-order valence-electron chi connectivity index (χ3n) is 2.71. The van der Waals surface area contributed by atoms with Crippen molar-refractivity contribution in [3.63, 3.8) is 0 Å². The molecular formula is C12H21ClN4. The van der Waals surface area contributed by atoms with Gasteiger partial charge in [-0.3, -0.25) is 0 Å². The maximum absolute atomic E-state index is 6.01. The molecule has 0 atom stereocenters. The van der Waals surface area contributed by atoms with Crippen molar-refractivity contribution >= 4 is 17.4 Å². The number of rotatable bonds is 6. The SMILES string of the molecule is CCN(CCCN(C)C)c1ncnc(Cl)c1C. The molecule has 0 amide bonds. The van der Waals surface area contributed by atoms with E-state index >= 15 is 0 Å². The van der Waals surface area contributed by atoms with Crippen LogP contribution in [0, 0.1) is 6.92 Å². The molecule has 0 aliphatic heterocycles. The largest absolute Gasteiger partial charge is 0.356 e. The van der Waals surface area contributed by atoms with Crippen molar-refractivity contribution in [2.24, 2.45) is 0 Å². The van der Waals surface area contributed by atoms with Crippen molar-refractivity contribution in [1.82, 2.24) is 14.9 Å². The van der Waals surface area contributed by atoms with E-state index in [2.05, 4.69) is 40.8 Å². The van der Waals surface area contributed by atoms with Crippen LogP contribution < -0.4 is 4.90 Å². The average Bonchev–Trinajstić information content (AvgIpc) is 2.28. The molecule has 1 rings (SSSR count). The lowest BCUT2D eigenvalue weighted by molar-refractivity contribution is 0.400. The molecule has 0 spiro atoms. The standard InChI is InChI=1S/C12H21ClN4/c1-5-17(8-6-7-16(3)4)12-10(2)11(13)14-9-15-12/h9H,5-8H2,1-4H3. The van der Waals surface area contributed by atoms with Gasteiger partial charge in [-0.15, -0.1) is 0 Å². The smallest absolute Gasteiger partial charge is 0.137 e. The van der Waals surface area contributed by atoms with Gasteiger partial charge in [0.15, 0.2) is 0 Å². The van der Waals surface area contributed by atoms with Gasteiger partial charge < -0.3 is 9.80 Å². The second kappa shape index (κ2) is 6.77. The predicted molar refractivity (Wildman–Crippen MR) is 72.8 cm³/mol. The van der Waals surface area contributed by atoms with Crippen LogP contribution in [0.1, 0.15) is 18.9 Å².